The zero-order chi connectivity index (χ0) is 17.0. The lowest BCUT2D eigenvalue weighted by Crippen LogP contribution is -2.23. The van der Waals surface area contributed by atoms with Gasteiger partial charge in [-0.05, 0) is 37.5 Å². The van der Waals surface area contributed by atoms with Crippen LogP contribution in [0.5, 0.6) is 0 Å². The Labute approximate surface area is 134 Å². The molecule has 124 valence electrons. The molecule has 23 heavy (non-hydrogen) atoms. The van der Waals surface area contributed by atoms with Crippen LogP contribution in [0.25, 0.3) is 0 Å². The fourth-order valence-electron chi connectivity index (χ4n) is 2.67. The predicted octanol–water partition coefficient (Wildman–Crippen LogP) is 1.33. The third kappa shape index (κ3) is 4.07. The summed E-state index contributed by atoms with van der Waals surface area (Å²) in [4.78, 5) is 35.7. The fraction of sp³-hybridized carbons (Fsp3) is 0.438. The van der Waals surface area contributed by atoms with Crippen molar-refractivity contribution in [2.75, 3.05) is 19.5 Å². The van der Waals surface area contributed by atoms with E-state index in [2.05, 4.69) is 14.8 Å². The summed E-state index contributed by atoms with van der Waals surface area (Å²) in [6.45, 7) is 0. The van der Waals surface area contributed by atoms with Crippen molar-refractivity contribution in [3.8, 4) is 0 Å². The van der Waals surface area contributed by atoms with Crippen LogP contribution in [0.1, 0.15) is 40.0 Å². The van der Waals surface area contributed by atoms with Gasteiger partial charge in [-0.15, -0.1) is 0 Å². The van der Waals surface area contributed by atoms with Gasteiger partial charge in [-0.1, -0.05) is 0 Å². The summed E-state index contributed by atoms with van der Waals surface area (Å²) in [6, 6.07) is 4.33. The molecule has 0 saturated heterocycles. The minimum absolute atomic E-state index is 0.0396. The lowest BCUT2D eigenvalue weighted by Gasteiger charge is -2.13. The van der Waals surface area contributed by atoms with Crippen molar-refractivity contribution >= 4 is 23.5 Å². The van der Waals surface area contributed by atoms with Crippen molar-refractivity contribution in [3.63, 3.8) is 0 Å². The molecule has 2 atom stereocenters. The molecule has 1 fully saturated rings. The maximum absolute atomic E-state index is 12.3. The maximum atomic E-state index is 12.3. The summed E-state index contributed by atoms with van der Waals surface area (Å²) in [5, 5.41) is 2.73. The van der Waals surface area contributed by atoms with Crippen molar-refractivity contribution < 1.29 is 23.9 Å². The Morgan fingerprint density at radius 1 is 1.04 bits per heavy atom. The molecule has 1 aliphatic rings. The van der Waals surface area contributed by atoms with Crippen molar-refractivity contribution in [3.05, 3.63) is 29.3 Å². The Kier molecular flexibility index (Phi) is 5.33. The van der Waals surface area contributed by atoms with Gasteiger partial charge in [0.1, 0.15) is 0 Å². The predicted molar refractivity (Wildman–Crippen MR) is 83.1 cm³/mol. The van der Waals surface area contributed by atoms with Gasteiger partial charge in [0, 0.05) is 17.6 Å². The Balaban J connectivity index is 2.24. The quantitative estimate of drug-likeness (QED) is 0.810. The van der Waals surface area contributed by atoms with Crippen LogP contribution in [0.2, 0.25) is 0 Å². The normalized spacial score (nSPS) is 20.0. The van der Waals surface area contributed by atoms with Crippen LogP contribution in [0.15, 0.2) is 18.2 Å². The highest BCUT2D eigenvalue weighted by molar-refractivity contribution is 6.00. The number of carbonyl (C=O) groups excluding carboxylic acids is 3. The molecule has 0 radical (unpaired) electrons. The average Bonchev–Trinajstić information content (AvgIpc) is 2.99. The number of benzene rings is 1. The third-order valence-electron chi connectivity index (χ3n) is 3.89. The summed E-state index contributed by atoms with van der Waals surface area (Å²) >= 11 is 0. The minimum atomic E-state index is -0.603. The zero-order valence-electron chi connectivity index (χ0n) is 13.1. The number of anilines is 1. The number of amides is 1. The van der Waals surface area contributed by atoms with Gasteiger partial charge in [0.25, 0.3) is 0 Å². The zero-order valence-corrected chi connectivity index (χ0v) is 13.1. The van der Waals surface area contributed by atoms with E-state index in [4.69, 9.17) is 5.73 Å². The van der Waals surface area contributed by atoms with Gasteiger partial charge in [0.2, 0.25) is 5.91 Å². The molecule has 2 unspecified atom stereocenters. The van der Waals surface area contributed by atoms with Crippen LogP contribution in [0.4, 0.5) is 5.69 Å². The molecule has 1 aliphatic carbocycles. The van der Waals surface area contributed by atoms with Gasteiger partial charge >= 0.3 is 11.9 Å². The van der Waals surface area contributed by atoms with E-state index < -0.39 is 11.9 Å². The first-order chi connectivity index (χ1) is 10.9. The Morgan fingerprint density at radius 2 is 1.61 bits per heavy atom. The largest absolute Gasteiger partial charge is 0.465 e. The highest BCUT2D eigenvalue weighted by Gasteiger charge is 2.28. The highest BCUT2D eigenvalue weighted by atomic mass is 16.5. The lowest BCUT2D eigenvalue weighted by molar-refractivity contribution is -0.119. The summed E-state index contributed by atoms with van der Waals surface area (Å²) in [5.74, 6) is -1.53. The van der Waals surface area contributed by atoms with Gasteiger partial charge < -0.3 is 20.5 Å². The van der Waals surface area contributed by atoms with Crippen LogP contribution in [-0.2, 0) is 14.3 Å². The van der Waals surface area contributed by atoms with Crippen LogP contribution in [0, 0.1) is 5.92 Å². The molecule has 1 aromatic rings. The fourth-order valence-corrected chi connectivity index (χ4v) is 2.67. The van der Waals surface area contributed by atoms with Gasteiger partial charge in [-0.3, -0.25) is 4.79 Å². The third-order valence-corrected chi connectivity index (χ3v) is 3.89. The number of rotatable bonds is 4. The standard InChI is InChI=1S/C16H20N2O5/c1-22-15(20)10-5-11(16(21)23-2)8-13(7-10)18-14(19)9-3-4-12(17)6-9/h5,7-9,12H,3-4,6,17H2,1-2H3,(H,18,19). The molecule has 0 spiro atoms. The van der Waals surface area contributed by atoms with E-state index in [0.29, 0.717) is 12.1 Å². The minimum Gasteiger partial charge on any atom is -0.465 e. The molecule has 1 saturated carbocycles. The van der Waals surface area contributed by atoms with Crippen LogP contribution in [-0.4, -0.2) is 38.1 Å². The molecular formula is C16H20N2O5. The number of esters is 2. The number of hydrogen-bond donors (Lipinski definition) is 2. The number of ether oxygens (including phenoxy) is 2. The van der Waals surface area contributed by atoms with E-state index >= 15 is 0 Å². The summed E-state index contributed by atoms with van der Waals surface area (Å²) < 4.78 is 9.32. The first-order valence-electron chi connectivity index (χ1n) is 7.32. The van der Waals surface area contributed by atoms with E-state index in [1.54, 1.807) is 0 Å². The van der Waals surface area contributed by atoms with Crippen molar-refractivity contribution in [1.29, 1.82) is 0 Å². The topological polar surface area (TPSA) is 108 Å². The van der Waals surface area contributed by atoms with Gasteiger partial charge in [0.05, 0.1) is 25.3 Å². The monoisotopic (exact) mass is 320 g/mol. The molecule has 0 aliphatic heterocycles. The number of hydrogen-bond acceptors (Lipinski definition) is 6. The number of nitrogens with two attached hydrogens (primary N) is 1. The van der Waals surface area contributed by atoms with Gasteiger partial charge in [0.15, 0.2) is 0 Å². The summed E-state index contributed by atoms with van der Waals surface area (Å²) in [6.07, 6.45) is 2.17. The summed E-state index contributed by atoms with van der Waals surface area (Å²) in [7, 11) is 2.48. The first kappa shape index (κ1) is 17.0. The average molecular weight is 320 g/mol. The lowest BCUT2D eigenvalue weighted by atomic mass is 10.1. The van der Waals surface area contributed by atoms with E-state index in [-0.39, 0.29) is 29.0 Å². The second-order valence-electron chi connectivity index (χ2n) is 5.54. The van der Waals surface area contributed by atoms with Gasteiger partial charge in [-0.2, -0.15) is 0 Å². The number of methoxy groups -OCH3 is 2. The highest BCUT2D eigenvalue weighted by Crippen LogP contribution is 2.26. The van der Waals surface area contributed by atoms with Crippen LogP contribution >= 0.6 is 0 Å². The second-order valence-corrected chi connectivity index (χ2v) is 5.54. The van der Waals surface area contributed by atoms with Gasteiger partial charge in [-0.25, -0.2) is 9.59 Å². The molecular weight excluding hydrogens is 300 g/mol. The van der Waals surface area contributed by atoms with E-state index in [1.807, 2.05) is 0 Å². The van der Waals surface area contributed by atoms with Crippen LogP contribution in [0.3, 0.4) is 0 Å². The Bertz CT molecular complexity index is 595. The first-order valence-corrected chi connectivity index (χ1v) is 7.32. The van der Waals surface area contributed by atoms with E-state index in [9.17, 15) is 14.4 Å². The number of nitrogens with one attached hydrogen (secondary N) is 1. The smallest absolute Gasteiger partial charge is 0.337 e. The van der Waals surface area contributed by atoms with E-state index in [0.717, 1.165) is 12.8 Å². The summed E-state index contributed by atoms with van der Waals surface area (Å²) in [5.41, 5.74) is 6.49. The van der Waals surface area contributed by atoms with E-state index in [1.165, 1.54) is 32.4 Å². The molecule has 0 aromatic heterocycles. The molecule has 2 rings (SSSR count). The van der Waals surface area contributed by atoms with Crippen LogP contribution < -0.4 is 11.1 Å². The Hall–Kier alpha value is -2.41. The molecule has 0 heterocycles. The molecule has 1 amide bonds. The Morgan fingerprint density at radius 3 is 2.04 bits per heavy atom. The maximum Gasteiger partial charge on any atom is 0.337 e. The second kappa shape index (κ2) is 7.23. The molecule has 7 heteroatoms. The van der Waals surface area contributed by atoms with Crippen molar-refractivity contribution in [1.82, 2.24) is 0 Å². The molecule has 1 aromatic carbocycles. The SMILES string of the molecule is COC(=O)c1cc(NC(=O)C2CCC(N)C2)cc(C(=O)OC)c1. The molecule has 3 N–H and O–H groups in total. The molecule has 7 nitrogen and oxygen atoms in total. The van der Waals surface area contributed by atoms with Crippen molar-refractivity contribution in [2.24, 2.45) is 11.7 Å². The van der Waals surface area contributed by atoms with Crippen molar-refractivity contribution in [2.45, 2.75) is 25.3 Å². The number of carbonyl (C=O) groups is 3. The molecule has 0 bridgehead atoms.